The Balaban J connectivity index is 1.58. The third kappa shape index (κ3) is 3.81. The van der Waals surface area contributed by atoms with E-state index in [1.54, 1.807) is 30.9 Å². The van der Waals surface area contributed by atoms with Crippen molar-refractivity contribution >= 4 is 5.91 Å². The lowest BCUT2D eigenvalue weighted by atomic mass is 10.3. The Hall–Kier alpha value is -2.97. The number of likely N-dealkylation sites (tertiary alicyclic amines) is 1. The number of ether oxygens (including phenoxy) is 2. The fraction of sp³-hybridized carbons (Fsp3) is 0.471. The molecule has 138 valence electrons. The lowest BCUT2D eigenvalue weighted by Gasteiger charge is -2.17. The van der Waals surface area contributed by atoms with Gasteiger partial charge in [0.1, 0.15) is 12.6 Å². The van der Waals surface area contributed by atoms with Gasteiger partial charge in [0.2, 0.25) is 17.7 Å². The predicted molar refractivity (Wildman–Crippen MR) is 92.2 cm³/mol. The van der Waals surface area contributed by atoms with Crippen molar-refractivity contribution in [1.82, 2.24) is 24.6 Å². The Morgan fingerprint density at radius 2 is 2.00 bits per heavy atom. The van der Waals surface area contributed by atoms with Crippen molar-refractivity contribution in [2.75, 3.05) is 20.2 Å². The SMILES string of the molecule is COc1ccc(OC2CCN(C(=O)Cn3cnc(C)c(C)c3=O)C2)nn1. The maximum Gasteiger partial charge on any atom is 0.256 e. The summed E-state index contributed by atoms with van der Waals surface area (Å²) in [7, 11) is 1.52. The fourth-order valence-corrected chi connectivity index (χ4v) is 2.74. The van der Waals surface area contributed by atoms with Crippen LogP contribution in [0.2, 0.25) is 0 Å². The molecule has 1 aliphatic heterocycles. The molecule has 1 amide bonds. The molecule has 0 N–H and O–H groups in total. The molecule has 2 aromatic heterocycles. The topological polar surface area (TPSA) is 99.4 Å². The van der Waals surface area contributed by atoms with Gasteiger partial charge in [-0.15, -0.1) is 10.2 Å². The molecule has 1 fully saturated rings. The summed E-state index contributed by atoms with van der Waals surface area (Å²) in [4.78, 5) is 30.5. The molecule has 1 unspecified atom stereocenters. The molecule has 26 heavy (non-hydrogen) atoms. The number of rotatable bonds is 5. The third-order valence-corrected chi connectivity index (χ3v) is 4.43. The normalized spacial score (nSPS) is 16.6. The average Bonchev–Trinajstić information content (AvgIpc) is 3.11. The Morgan fingerprint density at radius 1 is 1.27 bits per heavy atom. The van der Waals surface area contributed by atoms with Gasteiger partial charge < -0.3 is 14.4 Å². The summed E-state index contributed by atoms with van der Waals surface area (Å²) < 4.78 is 12.1. The van der Waals surface area contributed by atoms with Crippen molar-refractivity contribution in [1.29, 1.82) is 0 Å². The van der Waals surface area contributed by atoms with E-state index in [1.807, 2.05) is 0 Å². The number of hydrogen-bond donors (Lipinski definition) is 0. The van der Waals surface area contributed by atoms with Crippen LogP contribution in [-0.4, -0.2) is 56.9 Å². The molecule has 1 saturated heterocycles. The van der Waals surface area contributed by atoms with E-state index in [0.29, 0.717) is 42.5 Å². The summed E-state index contributed by atoms with van der Waals surface area (Å²) in [6.45, 7) is 4.47. The van der Waals surface area contributed by atoms with Crippen LogP contribution in [0.3, 0.4) is 0 Å². The van der Waals surface area contributed by atoms with Crippen LogP contribution in [0.25, 0.3) is 0 Å². The third-order valence-electron chi connectivity index (χ3n) is 4.43. The van der Waals surface area contributed by atoms with Gasteiger partial charge in [0.15, 0.2) is 0 Å². The highest BCUT2D eigenvalue weighted by Gasteiger charge is 2.28. The molecule has 0 aliphatic carbocycles. The van der Waals surface area contributed by atoms with Gasteiger partial charge in [0.25, 0.3) is 5.56 Å². The molecule has 0 radical (unpaired) electrons. The zero-order valence-corrected chi connectivity index (χ0v) is 15.0. The second-order valence-electron chi connectivity index (χ2n) is 6.17. The van der Waals surface area contributed by atoms with Gasteiger partial charge in [-0.3, -0.25) is 14.2 Å². The largest absolute Gasteiger partial charge is 0.480 e. The van der Waals surface area contributed by atoms with Crippen LogP contribution >= 0.6 is 0 Å². The zero-order chi connectivity index (χ0) is 18.7. The van der Waals surface area contributed by atoms with Crippen LogP contribution in [-0.2, 0) is 11.3 Å². The Bertz CT molecular complexity index is 849. The monoisotopic (exact) mass is 359 g/mol. The first-order valence-electron chi connectivity index (χ1n) is 8.32. The number of carbonyl (C=O) groups excluding carboxylic acids is 1. The zero-order valence-electron chi connectivity index (χ0n) is 15.0. The van der Waals surface area contributed by atoms with Gasteiger partial charge in [-0.1, -0.05) is 0 Å². The minimum absolute atomic E-state index is 0.0258. The fourth-order valence-electron chi connectivity index (χ4n) is 2.74. The van der Waals surface area contributed by atoms with E-state index in [0.717, 1.165) is 0 Å². The van der Waals surface area contributed by atoms with Crippen LogP contribution in [0.4, 0.5) is 0 Å². The van der Waals surface area contributed by atoms with Gasteiger partial charge in [-0.05, 0) is 13.8 Å². The first-order valence-corrected chi connectivity index (χ1v) is 8.32. The quantitative estimate of drug-likeness (QED) is 0.759. The highest BCUT2D eigenvalue weighted by Crippen LogP contribution is 2.17. The van der Waals surface area contributed by atoms with E-state index in [2.05, 4.69) is 15.2 Å². The van der Waals surface area contributed by atoms with E-state index in [9.17, 15) is 9.59 Å². The van der Waals surface area contributed by atoms with Crippen molar-refractivity contribution in [3.05, 3.63) is 40.1 Å². The molecule has 0 spiro atoms. The van der Waals surface area contributed by atoms with Crippen molar-refractivity contribution in [3.63, 3.8) is 0 Å². The van der Waals surface area contributed by atoms with Crippen LogP contribution in [0, 0.1) is 13.8 Å². The number of aromatic nitrogens is 4. The molecule has 0 aromatic carbocycles. The summed E-state index contributed by atoms with van der Waals surface area (Å²) in [5.74, 6) is 0.664. The highest BCUT2D eigenvalue weighted by atomic mass is 16.5. The molecular weight excluding hydrogens is 338 g/mol. The van der Waals surface area contributed by atoms with Gasteiger partial charge >= 0.3 is 0 Å². The van der Waals surface area contributed by atoms with Crippen molar-refractivity contribution in [2.24, 2.45) is 0 Å². The summed E-state index contributed by atoms with van der Waals surface area (Å²) in [6, 6.07) is 3.34. The van der Waals surface area contributed by atoms with Gasteiger partial charge in [-0.25, -0.2) is 4.98 Å². The summed E-state index contributed by atoms with van der Waals surface area (Å²) >= 11 is 0. The van der Waals surface area contributed by atoms with E-state index >= 15 is 0 Å². The molecule has 3 heterocycles. The Labute approximate surface area is 150 Å². The van der Waals surface area contributed by atoms with E-state index in [4.69, 9.17) is 9.47 Å². The number of aryl methyl sites for hydroxylation is 1. The van der Waals surface area contributed by atoms with Crippen molar-refractivity contribution in [3.8, 4) is 11.8 Å². The molecule has 1 atom stereocenters. The highest BCUT2D eigenvalue weighted by molar-refractivity contribution is 5.76. The maximum atomic E-state index is 12.5. The molecule has 9 nitrogen and oxygen atoms in total. The van der Waals surface area contributed by atoms with Crippen molar-refractivity contribution < 1.29 is 14.3 Å². The second kappa shape index (κ2) is 7.51. The first-order chi connectivity index (χ1) is 12.5. The van der Waals surface area contributed by atoms with Gasteiger partial charge in [-0.2, -0.15) is 0 Å². The van der Waals surface area contributed by atoms with E-state index < -0.39 is 0 Å². The van der Waals surface area contributed by atoms with Gasteiger partial charge in [0.05, 0.1) is 20.0 Å². The average molecular weight is 359 g/mol. The molecular formula is C17H21N5O4. The molecule has 0 bridgehead atoms. The summed E-state index contributed by atoms with van der Waals surface area (Å²) in [6.07, 6.45) is 1.95. The minimum Gasteiger partial charge on any atom is -0.480 e. The molecule has 9 heteroatoms. The molecule has 1 aliphatic rings. The van der Waals surface area contributed by atoms with E-state index in [-0.39, 0.29) is 24.1 Å². The minimum atomic E-state index is -0.189. The summed E-state index contributed by atoms with van der Waals surface area (Å²) in [5, 5.41) is 7.78. The summed E-state index contributed by atoms with van der Waals surface area (Å²) in [5.41, 5.74) is 1.04. The van der Waals surface area contributed by atoms with Crippen LogP contribution < -0.4 is 15.0 Å². The lowest BCUT2D eigenvalue weighted by molar-refractivity contribution is -0.131. The van der Waals surface area contributed by atoms with Crippen LogP contribution in [0.15, 0.2) is 23.3 Å². The second-order valence-corrected chi connectivity index (χ2v) is 6.17. The number of methoxy groups -OCH3 is 1. The molecule has 3 rings (SSSR count). The van der Waals surface area contributed by atoms with E-state index in [1.165, 1.54) is 18.0 Å². The van der Waals surface area contributed by atoms with Crippen LogP contribution in [0.5, 0.6) is 11.8 Å². The number of nitrogens with zero attached hydrogens (tertiary/aromatic N) is 5. The predicted octanol–water partition coefficient (Wildman–Crippen LogP) is 0.339. The number of hydrogen-bond acceptors (Lipinski definition) is 7. The maximum absolute atomic E-state index is 12.5. The molecule has 2 aromatic rings. The Morgan fingerprint density at radius 3 is 2.69 bits per heavy atom. The van der Waals surface area contributed by atoms with Crippen LogP contribution in [0.1, 0.15) is 17.7 Å². The smallest absolute Gasteiger partial charge is 0.256 e. The van der Waals surface area contributed by atoms with Crippen molar-refractivity contribution in [2.45, 2.75) is 32.9 Å². The Kier molecular flexibility index (Phi) is 5.15. The number of amides is 1. The standard InChI is InChI=1S/C17H21N5O4/c1-11-12(2)18-10-22(17(11)24)9-16(23)21-7-6-13(8-21)26-15-5-4-14(25-3)19-20-15/h4-5,10,13H,6-9H2,1-3H3. The number of carbonyl (C=O) groups is 1. The first kappa shape index (κ1) is 17.8. The van der Waals surface area contributed by atoms with Gasteiger partial charge in [0, 0.05) is 36.4 Å². The molecule has 0 saturated carbocycles. The lowest BCUT2D eigenvalue weighted by Crippen LogP contribution is -2.36.